The molecule has 2 heterocycles. The van der Waals surface area contributed by atoms with Crippen molar-refractivity contribution in [3.8, 4) is 0 Å². The van der Waals surface area contributed by atoms with Gasteiger partial charge in [-0.25, -0.2) is 4.98 Å². The van der Waals surface area contributed by atoms with E-state index in [1.165, 1.54) is 0 Å². The molecule has 0 aliphatic heterocycles. The van der Waals surface area contributed by atoms with Gasteiger partial charge in [0.25, 0.3) is 0 Å². The lowest BCUT2D eigenvalue weighted by molar-refractivity contribution is 0.112. The van der Waals surface area contributed by atoms with E-state index in [0.29, 0.717) is 5.56 Å². The number of fused-ring (bicyclic) bond motifs is 1. The van der Waals surface area contributed by atoms with Gasteiger partial charge in [-0.05, 0) is 30.7 Å². The molecule has 0 unspecified atom stereocenters. The Balaban J connectivity index is 2.49. The van der Waals surface area contributed by atoms with E-state index in [-0.39, 0.29) is 0 Å². The predicted molar refractivity (Wildman–Crippen MR) is 79.0 cm³/mol. The summed E-state index contributed by atoms with van der Waals surface area (Å²) in [6.45, 7) is 5.92. The minimum atomic E-state index is 0.584. The Morgan fingerprint density at radius 1 is 1.53 bits per heavy atom. The van der Waals surface area contributed by atoms with Gasteiger partial charge in [-0.2, -0.15) is 0 Å². The summed E-state index contributed by atoms with van der Waals surface area (Å²) in [6.07, 6.45) is 13.2. The van der Waals surface area contributed by atoms with Gasteiger partial charge < -0.3 is 4.57 Å². The zero-order valence-electron chi connectivity index (χ0n) is 10.9. The van der Waals surface area contributed by atoms with E-state index in [0.717, 1.165) is 29.4 Å². The molecule has 0 aromatic carbocycles. The fourth-order valence-electron chi connectivity index (χ4n) is 1.86. The van der Waals surface area contributed by atoms with E-state index < -0.39 is 0 Å². The maximum absolute atomic E-state index is 10.7. The van der Waals surface area contributed by atoms with E-state index in [9.17, 15) is 4.79 Å². The Kier molecular flexibility index (Phi) is 4.08. The lowest BCUT2D eigenvalue weighted by atomic mass is 10.2. The maximum Gasteiger partial charge on any atom is 0.151 e. The highest BCUT2D eigenvalue weighted by atomic mass is 16.1. The highest BCUT2D eigenvalue weighted by molar-refractivity contribution is 5.86. The van der Waals surface area contributed by atoms with Crippen molar-refractivity contribution in [3.63, 3.8) is 0 Å². The van der Waals surface area contributed by atoms with Crippen LogP contribution in [0.5, 0.6) is 0 Å². The van der Waals surface area contributed by atoms with Crippen LogP contribution in [0.2, 0.25) is 0 Å². The van der Waals surface area contributed by atoms with Gasteiger partial charge in [0, 0.05) is 29.0 Å². The van der Waals surface area contributed by atoms with Gasteiger partial charge in [0.1, 0.15) is 5.65 Å². The lowest BCUT2D eigenvalue weighted by Gasteiger charge is -2.04. The van der Waals surface area contributed by atoms with Crippen LogP contribution in [-0.2, 0) is 0 Å². The predicted octanol–water partition coefficient (Wildman–Crippen LogP) is 3.84. The van der Waals surface area contributed by atoms with Crippen molar-refractivity contribution < 1.29 is 4.79 Å². The van der Waals surface area contributed by atoms with E-state index in [1.54, 1.807) is 12.3 Å². The van der Waals surface area contributed by atoms with Crippen LogP contribution in [0.3, 0.4) is 0 Å². The first-order valence-electron chi connectivity index (χ1n) is 6.22. The quantitative estimate of drug-likeness (QED) is 0.598. The number of pyridine rings is 1. The van der Waals surface area contributed by atoms with Crippen molar-refractivity contribution in [2.75, 3.05) is 0 Å². The van der Waals surface area contributed by atoms with Crippen LogP contribution in [0.15, 0.2) is 55.4 Å². The minimum Gasteiger partial charge on any atom is -0.301 e. The standard InChI is InChI=1S/C16H16N2O/c1-3-5-6-7-15(4-2)18-9-8-14-10-13(12-19)11-17-16(14)18/h4-12H,2-3H2,1H3/b6-5-,15-7+. The van der Waals surface area contributed by atoms with E-state index in [2.05, 4.69) is 24.6 Å². The molecular weight excluding hydrogens is 236 g/mol. The first-order valence-corrected chi connectivity index (χ1v) is 6.22. The molecule has 2 aromatic rings. The van der Waals surface area contributed by atoms with Gasteiger partial charge in [-0.15, -0.1) is 0 Å². The molecule has 0 saturated heterocycles. The second kappa shape index (κ2) is 5.96. The number of hydrogen-bond donors (Lipinski definition) is 0. The number of nitrogens with zero attached hydrogens (tertiary/aromatic N) is 2. The molecule has 3 heteroatoms. The maximum atomic E-state index is 10.7. The fraction of sp³-hybridized carbons (Fsp3) is 0.125. The van der Waals surface area contributed by atoms with Gasteiger partial charge in [0.2, 0.25) is 0 Å². The van der Waals surface area contributed by atoms with Crippen LogP contribution in [0, 0.1) is 0 Å². The summed E-state index contributed by atoms with van der Waals surface area (Å²) in [6, 6.07) is 3.77. The third kappa shape index (κ3) is 2.71. The zero-order valence-corrected chi connectivity index (χ0v) is 10.9. The normalized spacial score (nSPS) is 12.2. The summed E-state index contributed by atoms with van der Waals surface area (Å²) < 4.78 is 1.96. The van der Waals surface area contributed by atoms with E-state index in [1.807, 2.05) is 35.0 Å². The molecule has 0 bridgehead atoms. The Hall–Kier alpha value is -2.42. The summed E-state index contributed by atoms with van der Waals surface area (Å²) in [5, 5.41) is 0.942. The Morgan fingerprint density at radius 3 is 3.05 bits per heavy atom. The number of hydrogen-bond acceptors (Lipinski definition) is 2. The number of carbonyl (C=O) groups excluding carboxylic acids is 1. The Bertz CT molecular complexity index is 662. The summed E-state index contributed by atoms with van der Waals surface area (Å²) in [7, 11) is 0. The van der Waals surface area contributed by atoms with Crippen molar-refractivity contribution in [1.29, 1.82) is 0 Å². The summed E-state index contributed by atoms with van der Waals surface area (Å²) >= 11 is 0. The molecule has 0 radical (unpaired) electrons. The first kappa shape index (κ1) is 13.0. The van der Waals surface area contributed by atoms with E-state index in [4.69, 9.17) is 0 Å². The molecule has 0 aliphatic rings. The first-order chi connectivity index (χ1) is 9.30. The van der Waals surface area contributed by atoms with Crippen molar-refractivity contribution in [1.82, 2.24) is 9.55 Å². The monoisotopic (exact) mass is 252 g/mol. The third-order valence-corrected chi connectivity index (χ3v) is 2.81. The number of aldehydes is 1. The van der Waals surface area contributed by atoms with Crippen LogP contribution in [0.1, 0.15) is 23.7 Å². The molecule has 0 amide bonds. The zero-order chi connectivity index (χ0) is 13.7. The Labute approximate surface area is 112 Å². The molecule has 96 valence electrons. The molecule has 19 heavy (non-hydrogen) atoms. The van der Waals surface area contributed by atoms with Crippen molar-refractivity contribution in [2.24, 2.45) is 0 Å². The Morgan fingerprint density at radius 2 is 2.37 bits per heavy atom. The third-order valence-electron chi connectivity index (χ3n) is 2.81. The van der Waals surface area contributed by atoms with Crippen molar-refractivity contribution >= 4 is 23.0 Å². The van der Waals surface area contributed by atoms with Gasteiger partial charge in [0.15, 0.2) is 6.29 Å². The lowest BCUT2D eigenvalue weighted by Crippen LogP contribution is -1.94. The molecule has 0 fully saturated rings. The second-order valence-electron chi connectivity index (χ2n) is 4.12. The summed E-state index contributed by atoms with van der Waals surface area (Å²) in [4.78, 5) is 15.1. The van der Waals surface area contributed by atoms with Gasteiger partial charge >= 0.3 is 0 Å². The molecule has 0 aliphatic carbocycles. The highest BCUT2D eigenvalue weighted by Crippen LogP contribution is 2.19. The average Bonchev–Trinajstić information content (AvgIpc) is 2.86. The second-order valence-corrected chi connectivity index (χ2v) is 4.12. The molecule has 2 aromatic heterocycles. The van der Waals surface area contributed by atoms with Gasteiger partial charge in [0.05, 0.1) is 0 Å². The molecule has 0 atom stereocenters. The number of carbonyl (C=O) groups is 1. The van der Waals surface area contributed by atoms with Gasteiger partial charge in [-0.3, -0.25) is 4.79 Å². The number of allylic oxidation sites excluding steroid dienone is 5. The molecule has 0 N–H and O–H groups in total. The van der Waals surface area contributed by atoms with E-state index >= 15 is 0 Å². The topological polar surface area (TPSA) is 34.9 Å². The molecule has 3 nitrogen and oxygen atoms in total. The molecule has 2 rings (SSSR count). The van der Waals surface area contributed by atoms with Crippen LogP contribution in [0.4, 0.5) is 0 Å². The van der Waals surface area contributed by atoms with Crippen LogP contribution < -0.4 is 0 Å². The SMILES string of the molecule is C=C/C(=C\C=C/CC)n1ccc2cc(C=O)cnc21. The smallest absolute Gasteiger partial charge is 0.151 e. The van der Waals surface area contributed by atoms with Crippen molar-refractivity contribution in [3.05, 3.63) is 61.0 Å². The summed E-state index contributed by atoms with van der Waals surface area (Å²) in [5.74, 6) is 0. The number of aromatic nitrogens is 2. The van der Waals surface area contributed by atoms with Crippen LogP contribution >= 0.6 is 0 Å². The molecule has 0 spiro atoms. The fourth-order valence-corrected chi connectivity index (χ4v) is 1.86. The van der Waals surface area contributed by atoms with Crippen LogP contribution in [0.25, 0.3) is 16.7 Å². The summed E-state index contributed by atoms with van der Waals surface area (Å²) in [5.41, 5.74) is 2.35. The minimum absolute atomic E-state index is 0.584. The largest absolute Gasteiger partial charge is 0.301 e. The average molecular weight is 252 g/mol. The molecule has 0 saturated carbocycles. The van der Waals surface area contributed by atoms with Gasteiger partial charge in [-0.1, -0.05) is 25.7 Å². The number of rotatable bonds is 5. The van der Waals surface area contributed by atoms with Crippen molar-refractivity contribution in [2.45, 2.75) is 13.3 Å². The highest BCUT2D eigenvalue weighted by Gasteiger charge is 2.05. The molecular formula is C16H16N2O. The van der Waals surface area contributed by atoms with Crippen LogP contribution in [-0.4, -0.2) is 15.8 Å².